The van der Waals surface area contributed by atoms with E-state index in [0.717, 1.165) is 23.8 Å². The summed E-state index contributed by atoms with van der Waals surface area (Å²) in [6.45, 7) is 16.2. The van der Waals surface area contributed by atoms with Crippen LogP contribution in [-0.4, -0.2) is 48.6 Å². The first-order valence-corrected chi connectivity index (χ1v) is 8.02. The Morgan fingerprint density at radius 1 is 0.944 bits per heavy atom. The molecule has 0 radical (unpaired) electrons. The summed E-state index contributed by atoms with van der Waals surface area (Å²) in [6.07, 6.45) is 4.24. The predicted molar refractivity (Wildman–Crippen MR) is 78.8 cm³/mol. The molecule has 0 bridgehead atoms. The number of hydrogen-bond acceptors (Lipinski definition) is 2. The normalized spacial score (nSPS) is 33.2. The van der Waals surface area contributed by atoms with Gasteiger partial charge in [-0.25, -0.2) is 0 Å². The first-order valence-electron chi connectivity index (χ1n) is 8.02. The third-order valence-corrected chi connectivity index (χ3v) is 5.31. The maximum atomic E-state index is 2.74. The lowest BCUT2D eigenvalue weighted by Crippen LogP contribution is -2.44. The smallest absolute Gasteiger partial charge is 0.00385 e. The van der Waals surface area contributed by atoms with Crippen molar-refractivity contribution >= 4 is 0 Å². The summed E-state index contributed by atoms with van der Waals surface area (Å²) in [7, 11) is 0. The van der Waals surface area contributed by atoms with E-state index in [9.17, 15) is 0 Å². The van der Waals surface area contributed by atoms with Crippen molar-refractivity contribution in [3.63, 3.8) is 0 Å². The number of rotatable bonds is 3. The van der Waals surface area contributed by atoms with Gasteiger partial charge in [-0.3, -0.25) is 0 Å². The van der Waals surface area contributed by atoms with Crippen molar-refractivity contribution in [2.75, 3.05) is 32.7 Å². The van der Waals surface area contributed by atoms with Crippen molar-refractivity contribution in [3.05, 3.63) is 0 Å². The van der Waals surface area contributed by atoms with Gasteiger partial charge in [0.1, 0.15) is 0 Å². The van der Waals surface area contributed by atoms with E-state index in [2.05, 4.69) is 37.5 Å². The summed E-state index contributed by atoms with van der Waals surface area (Å²) in [5, 5.41) is 0. The molecule has 0 saturated carbocycles. The van der Waals surface area contributed by atoms with Crippen molar-refractivity contribution in [1.82, 2.24) is 9.80 Å². The van der Waals surface area contributed by atoms with Crippen molar-refractivity contribution in [2.24, 2.45) is 17.8 Å². The van der Waals surface area contributed by atoms with Crippen LogP contribution in [0, 0.1) is 17.8 Å². The second-order valence-electron chi connectivity index (χ2n) is 7.08. The summed E-state index contributed by atoms with van der Waals surface area (Å²) in [6, 6.07) is 0.738. The quantitative estimate of drug-likeness (QED) is 0.761. The van der Waals surface area contributed by atoms with Crippen LogP contribution in [0.3, 0.4) is 0 Å². The predicted octanol–water partition coefficient (Wildman–Crippen LogP) is 3.08. The Morgan fingerprint density at radius 3 is 2.17 bits per heavy atom. The average molecular weight is 252 g/mol. The van der Waals surface area contributed by atoms with Gasteiger partial charge < -0.3 is 9.80 Å². The molecule has 2 heteroatoms. The molecule has 2 rings (SSSR count). The highest BCUT2D eigenvalue weighted by atomic mass is 15.2. The molecule has 0 aromatic heterocycles. The molecule has 106 valence electrons. The molecular formula is C16H32N2. The van der Waals surface area contributed by atoms with Gasteiger partial charge in [-0.1, -0.05) is 13.8 Å². The zero-order chi connectivity index (χ0) is 13.1. The standard InChI is InChI=1S/C16H32N2/c1-13(2)18-9-6-16(7-10-18)12-17-8-5-14(3)15(4)11-17/h13-16H,5-12H2,1-4H3/t14-,15-/m1/s1. The molecule has 18 heavy (non-hydrogen) atoms. The molecule has 2 aliphatic heterocycles. The van der Waals surface area contributed by atoms with Crippen LogP contribution in [-0.2, 0) is 0 Å². The van der Waals surface area contributed by atoms with Gasteiger partial charge in [0.15, 0.2) is 0 Å². The van der Waals surface area contributed by atoms with E-state index in [1.54, 1.807) is 0 Å². The SMILES string of the molecule is CC(C)N1CCC(CN2CC[C@@H](C)[C@H](C)C2)CC1. The van der Waals surface area contributed by atoms with Gasteiger partial charge in [-0.05, 0) is 70.5 Å². The van der Waals surface area contributed by atoms with Crippen molar-refractivity contribution < 1.29 is 0 Å². The fraction of sp³-hybridized carbons (Fsp3) is 1.00. The summed E-state index contributed by atoms with van der Waals surface area (Å²) in [4.78, 5) is 5.37. The zero-order valence-electron chi connectivity index (χ0n) is 12.9. The number of hydrogen-bond donors (Lipinski definition) is 0. The molecule has 2 saturated heterocycles. The van der Waals surface area contributed by atoms with Crippen molar-refractivity contribution in [1.29, 1.82) is 0 Å². The number of nitrogens with zero attached hydrogens (tertiary/aromatic N) is 2. The fourth-order valence-electron chi connectivity index (χ4n) is 3.53. The van der Waals surface area contributed by atoms with E-state index in [-0.39, 0.29) is 0 Å². The van der Waals surface area contributed by atoms with Crippen LogP contribution in [0.25, 0.3) is 0 Å². The number of piperidine rings is 2. The molecule has 0 unspecified atom stereocenters. The van der Waals surface area contributed by atoms with E-state index in [0.29, 0.717) is 0 Å². The maximum absolute atomic E-state index is 2.74. The van der Waals surface area contributed by atoms with Crippen LogP contribution < -0.4 is 0 Å². The lowest BCUT2D eigenvalue weighted by Gasteiger charge is -2.40. The first kappa shape index (κ1) is 14.3. The molecule has 2 atom stereocenters. The molecule has 0 amide bonds. The van der Waals surface area contributed by atoms with Crippen LogP contribution in [0.5, 0.6) is 0 Å². The summed E-state index contributed by atoms with van der Waals surface area (Å²) < 4.78 is 0. The zero-order valence-corrected chi connectivity index (χ0v) is 12.9. The molecule has 0 aliphatic carbocycles. The maximum Gasteiger partial charge on any atom is 0.00385 e. The van der Waals surface area contributed by atoms with E-state index in [4.69, 9.17) is 0 Å². The van der Waals surface area contributed by atoms with Crippen LogP contribution >= 0.6 is 0 Å². The van der Waals surface area contributed by atoms with Gasteiger partial charge in [-0.15, -0.1) is 0 Å². The number of likely N-dealkylation sites (tertiary alicyclic amines) is 2. The monoisotopic (exact) mass is 252 g/mol. The third kappa shape index (κ3) is 3.71. The Labute approximate surface area is 114 Å². The second-order valence-corrected chi connectivity index (χ2v) is 7.08. The highest BCUT2D eigenvalue weighted by Gasteiger charge is 2.26. The molecule has 0 spiro atoms. The topological polar surface area (TPSA) is 6.48 Å². The summed E-state index contributed by atoms with van der Waals surface area (Å²) >= 11 is 0. The summed E-state index contributed by atoms with van der Waals surface area (Å²) in [5.74, 6) is 2.79. The third-order valence-electron chi connectivity index (χ3n) is 5.31. The van der Waals surface area contributed by atoms with Crippen LogP contribution in [0.2, 0.25) is 0 Å². The Hall–Kier alpha value is -0.0800. The highest BCUT2D eigenvalue weighted by Crippen LogP contribution is 2.25. The highest BCUT2D eigenvalue weighted by molar-refractivity contribution is 4.80. The molecule has 2 heterocycles. The molecule has 0 aromatic rings. The molecule has 2 aliphatic rings. The van der Waals surface area contributed by atoms with Gasteiger partial charge in [0.25, 0.3) is 0 Å². The Balaban J connectivity index is 1.72. The lowest BCUT2D eigenvalue weighted by molar-refractivity contribution is 0.0864. The Kier molecular flexibility index (Phi) is 5.08. The average Bonchev–Trinajstić information content (AvgIpc) is 2.34. The van der Waals surface area contributed by atoms with E-state index in [1.807, 2.05) is 0 Å². The van der Waals surface area contributed by atoms with Gasteiger partial charge in [0.05, 0.1) is 0 Å². The van der Waals surface area contributed by atoms with Gasteiger partial charge in [0.2, 0.25) is 0 Å². The molecule has 0 aromatic carbocycles. The minimum absolute atomic E-state index is 0.738. The first-order chi connectivity index (χ1) is 8.56. The lowest BCUT2D eigenvalue weighted by atomic mass is 9.87. The van der Waals surface area contributed by atoms with Gasteiger partial charge >= 0.3 is 0 Å². The second kappa shape index (κ2) is 6.38. The fourth-order valence-corrected chi connectivity index (χ4v) is 3.53. The van der Waals surface area contributed by atoms with E-state index in [1.165, 1.54) is 52.0 Å². The van der Waals surface area contributed by atoms with E-state index >= 15 is 0 Å². The van der Waals surface area contributed by atoms with Crippen LogP contribution in [0.15, 0.2) is 0 Å². The minimum atomic E-state index is 0.738. The Bertz CT molecular complexity index is 243. The van der Waals surface area contributed by atoms with E-state index < -0.39 is 0 Å². The van der Waals surface area contributed by atoms with Crippen LogP contribution in [0.4, 0.5) is 0 Å². The minimum Gasteiger partial charge on any atom is -0.303 e. The molecule has 0 N–H and O–H groups in total. The van der Waals surface area contributed by atoms with Crippen molar-refractivity contribution in [3.8, 4) is 0 Å². The van der Waals surface area contributed by atoms with Gasteiger partial charge in [-0.2, -0.15) is 0 Å². The molecular weight excluding hydrogens is 220 g/mol. The summed E-state index contributed by atoms with van der Waals surface area (Å²) in [5.41, 5.74) is 0. The molecule has 2 nitrogen and oxygen atoms in total. The largest absolute Gasteiger partial charge is 0.303 e. The van der Waals surface area contributed by atoms with Crippen molar-refractivity contribution in [2.45, 2.75) is 53.0 Å². The van der Waals surface area contributed by atoms with Crippen LogP contribution in [0.1, 0.15) is 47.0 Å². The van der Waals surface area contributed by atoms with Gasteiger partial charge in [0, 0.05) is 19.1 Å². The molecule has 2 fully saturated rings. The Morgan fingerprint density at radius 2 is 1.61 bits per heavy atom.